The van der Waals surface area contributed by atoms with Crippen LogP contribution < -0.4 is 31.9 Å². The van der Waals surface area contributed by atoms with E-state index in [9.17, 15) is 33.6 Å². The number of nitrogens with one attached hydrogen (secondary N) is 6. The topological polar surface area (TPSA) is 210 Å². The molecule has 57 heavy (non-hydrogen) atoms. The van der Waals surface area contributed by atoms with E-state index in [2.05, 4.69) is 31.9 Å². The van der Waals surface area contributed by atoms with E-state index in [1.807, 2.05) is 13.8 Å². The molecular weight excluding hydrogens is 732 g/mol. The number of amides is 6. The zero-order chi connectivity index (χ0) is 43.4. The molecule has 0 unspecified atom stereocenters. The molecular formula is C42H58N6O9. The lowest BCUT2D eigenvalue weighted by atomic mass is 9.99. The smallest absolute Gasteiger partial charge is 0.408 e. The minimum absolute atomic E-state index is 0.0109. The van der Waals surface area contributed by atoms with Gasteiger partial charge in [0.25, 0.3) is 11.8 Å². The summed E-state index contributed by atoms with van der Waals surface area (Å²) in [7, 11) is 1.18. The first-order chi connectivity index (χ1) is 26.3. The Labute approximate surface area is 335 Å². The summed E-state index contributed by atoms with van der Waals surface area (Å²) in [5.74, 6) is -4.65. The summed E-state index contributed by atoms with van der Waals surface area (Å²) < 4.78 is 10.1. The van der Waals surface area contributed by atoms with Crippen molar-refractivity contribution in [2.45, 2.75) is 111 Å². The number of carbonyl (C=O) groups excluding carboxylic acids is 7. The second-order valence-electron chi connectivity index (χ2n) is 16.4. The molecule has 0 aliphatic carbocycles. The van der Waals surface area contributed by atoms with Crippen LogP contribution in [0.3, 0.4) is 0 Å². The SMILES string of the molecule is COC(=O)C(C)(C)NC(=O)/C(=C/c1ccccc1)NC(=O)C(C)(C)NC(=O)/C(=C/c1ccccc1)NC(=O)C(C)(C)NC(=O)[C@H](CC(C)C)NC(=O)OC(C)(C)C. The van der Waals surface area contributed by atoms with Gasteiger partial charge in [0.15, 0.2) is 0 Å². The number of rotatable bonds is 16. The number of carbonyl (C=O) groups is 7. The molecule has 2 aromatic rings. The number of ether oxygens (including phenoxy) is 2. The third-order valence-electron chi connectivity index (χ3n) is 8.04. The molecule has 0 aromatic heterocycles. The number of hydrogen-bond acceptors (Lipinski definition) is 9. The molecule has 0 bridgehead atoms. The third kappa shape index (κ3) is 15.6. The molecule has 0 aliphatic heterocycles. The van der Waals surface area contributed by atoms with Gasteiger partial charge in [0, 0.05) is 0 Å². The van der Waals surface area contributed by atoms with Crippen LogP contribution in [0.25, 0.3) is 12.2 Å². The van der Waals surface area contributed by atoms with Gasteiger partial charge in [0.1, 0.15) is 39.7 Å². The Morgan fingerprint density at radius 1 is 0.614 bits per heavy atom. The highest BCUT2D eigenvalue weighted by atomic mass is 16.6. The van der Waals surface area contributed by atoms with Gasteiger partial charge in [-0.05, 0) is 97.9 Å². The minimum atomic E-state index is -1.70. The molecule has 0 saturated heterocycles. The van der Waals surface area contributed by atoms with Gasteiger partial charge in [0.2, 0.25) is 17.7 Å². The predicted octanol–water partition coefficient (Wildman–Crippen LogP) is 4.10. The lowest BCUT2D eigenvalue weighted by Crippen LogP contribution is -2.61. The van der Waals surface area contributed by atoms with Crippen molar-refractivity contribution in [3.63, 3.8) is 0 Å². The van der Waals surface area contributed by atoms with Crippen molar-refractivity contribution >= 4 is 53.8 Å². The van der Waals surface area contributed by atoms with E-state index in [-0.39, 0.29) is 23.7 Å². The van der Waals surface area contributed by atoms with Gasteiger partial charge in [-0.3, -0.25) is 24.0 Å². The first kappa shape index (κ1) is 47.2. The monoisotopic (exact) mass is 790 g/mol. The largest absolute Gasteiger partial charge is 0.467 e. The van der Waals surface area contributed by atoms with Gasteiger partial charge in [-0.15, -0.1) is 0 Å². The maximum atomic E-state index is 14.0. The Morgan fingerprint density at radius 3 is 1.40 bits per heavy atom. The average molecular weight is 791 g/mol. The van der Waals surface area contributed by atoms with E-state index in [0.29, 0.717) is 11.1 Å². The van der Waals surface area contributed by atoms with Crippen LogP contribution in [0.15, 0.2) is 72.1 Å². The Bertz CT molecular complexity index is 1840. The highest BCUT2D eigenvalue weighted by Gasteiger charge is 2.38. The average Bonchev–Trinajstić information content (AvgIpc) is 3.09. The number of esters is 1. The predicted molar refractivity (Wildman–Crippen MR) is 216 cm³/mol. The molecule has 2 aromatic carbocycles. The van der Waals surface area contributed by atoms with Crippen LogP contribution in [-0.4, -0.2) is 77.0 Å². The van der Waals surface area contributed by atoms with Crippen LogP contribution in [-0.2, 0) is 38.2 Å². The standard InChI is InChI=1S/C42H58N6O9/c1-26(2)23-29(45-38(55)57-39(3,4)5)32(49)46-40(6,7)35(52)43-30(24-27-19-15-13-16-20-27)33(50)47-41(8,9)36(53)44-31(25-28-21-17-14-18-22-28)34(51)48-42(10,11)37(54)56-12/h13-22,24-26,29H,23H2,1-12H3,(H,43,52)(H,44,53)(H,45,55)(H,46,49)(H,47,50)(H,48,51)/b30-24-,31-25-/t29-/m0/s1. The summed E-state index contributed by atoms with van der Waals surface area (Å²) in [6, 6.07) is 16.2. The molecule has 15 nitrogen and oxygen atoms in total. The zero-order valence-electron chi connectivity index (χ0n) is 35.0. The lowest BCUT2D eigenvalue weighted by Gasteiger charge is -2.30. The first-order valence-electron chi connectivity index (χ1n) is 18.5. The maximum absolute atomic E-state index is 14.0. The van der Waals surface area contributed by atoms with Crippen molar-refractivity contribution in [3.05, 3.63) is 83.2 Å². The summed E-state index contributed by atoms with van der Waals surface area (Å²) in [6.07, 6.45) is 2.25. The van der Waals surface area contributed by atoms with Crippen LogP contribution >= 0.6 is 0 Å². The van der Waals surface area contributed by atoms with Crippen LogP contribution in [0.1, 0.15) is 93.7 Å². The number of hydrogen-bond donors (Lipinski definition) is 6. The van der Waals surface area contributed by atoms with Gasteiger partial charge in [-0.1, -0.05) is 74.5 Å². The summed E-state index contributed by atoms with van der Waals surface area (Å²) in [5.41, 5.74) is -4.99. The molecule has 0 aliphatic rings. The van der Waals surface area contributed by atoms with E-state index in [4.69, 9.17) is 9.47 Å². The Morgan fingerprint density at radius 2 is 1.02 bits per heavy atom. The van der Waals surface area contributed by atoms with Gasteiger partial charge in [0.05, 0.1) is 7.11 Å². The molecule has 2 rings (SSSR count). The minimum Gasteiger partial charge on any atom is -0.467 e. The van der Waals surface area contributed by atoms with E-state index < -0.39 is 69.9 Å². The molecule has 310 valence electrons. The highest BCUT2D eigenvalue weighted by molar-refractivity contribution is 6.08. The molecule has 6 amide bonds. The summed E-state index contributed by atoms with van der Waals surface area (Å²) in [5, 5.41) is 15.6. The fraction of sp³-hybridized carbons (Fsp3) is 0.452. The van der Waals surface area contributed by atoms with E-state index in [1.165, 1.54) is 60.8 Å². The molecule has 6 N–H and O–H groups in total. The Balaban J connectivity index is 2.39. The summed E-state index contributed by atoms with van der Waals surface area (Å²) in [6.45, 7) is 17.4. The highest BCUT2D eigenvalue weighted by Crippen LogP contribution is 2.16. The lowest BCUT2D eigenvalue weighted by molar-refractivity contribution is -0.149. The van der Waals surface area contributed by atoms with E-state index >= 15 is 0 Å². The number of methoxy groups -OCH3 is 1. The van der Waals surface area contributed by atoms with Crippen molar-refractivity contribution in [1.82, 2.24) is 31.9 Å². The molecule has 0 fully saturated rings. The maximum Gasteiger partial charge on any atom is 0.408 e. The molecule has 0 radical (unpaired) electrons. The molecule has 15 heteroatoms. The Hall–Kier alpha value is -5.99. The molecule has 0 heterocycles. The third-order valence-corrected chi connectivity index (χ3v) is 8.04. The van der Waals surface area contributed by atoms with Gasteiger partial charge >= 0.3 is 12.1 Å². The summed E-state index contributed by atoms with van der Waals surface area (Å²) in [4.78, 5) is 93.4. The van der Waals surface area contributed by atoms with Crippen molar-refractivity contribution in [1.29, 1.82) is 0 Å². The quantitative estimate of drug-likeness (QED) is 0.107. The molecule has 0 saturated carbocycles. The van der Waals surface area contributed by atoms with Crippen molar-refractivity contribution in [2.24, 2.45) is 5.92 Å². The fourth-order valence-electron chi connectivity index (χ4n) is 4.98. The van der Waals surface area contributed by atoms with Crippen molar-refractivity contribution in [3.8, 4) is 0 Å². The van der Waals surface area contributed by atoms with Crippen LogP contribution in [0.5, 0.6) is 0 Å². The van der Waals surface area contributed by atoms with E-state index in [1.54, 1.807) is 81.4 Å². The zero-order valence-corrected chi connectivity index (χ0v) is 35.0. The van der Waals surface area contributed by atoms with Crippen molar-refractivity contribution < 1.29 is 43.0 Å². The molecule has 0 spiro atoms. The molecule has 1 atom stereocenters. The normalized spacial score (nSPS) is 13.1. The van der Waals surface area contributed by atoms with Crippen LogP contribution in [0.4, 0.5) is 4.79 Å². The second-order valence-corrected chi connectivity index (χ2v) is 16.4. The van der Waals surface area contributed by atoms with Crippen LogP contribution in [0.2, 0.25) is 0 Å². The van der Waals surface area contributed by atoms with E-state index in [0.717, 1.165) is 0 Å². The van der Waals surface area contributed by atoms with Crippen molar-refractivity contribution in [2.75, 3.05) is 7.11 Å². The Kier molecular flexibility index (Phi) is 16.3. The number of alkyl carbamates (subject to hydrolysis) is 1. The van der Waals surface area contributed by atoms with Crippen LogP contribution in [0, 0.1) is 5.92 Å². The van der Waals surface area contributed by atoms with Gasteiger partial charge in [-0.2, -0.15) is 0 Å². The van der Waals surface area contributed by atoms with Gasteiger partial charge < -0.3 is 41.4 Å². The van der Waals surface area contributed by atoms with Gasteiger partial charge in [-0.25, -0.2) is 9.59 Å². The summed E-state index contributed by atoms with van der Waals surface area (Å²) >= 11 is 0. The number of benzene rings is 2. The fourth-order valence-corrected chi connectivity index (χ4v) is 4.98. The second kappa shape index (κ2) is 19.7. The first-order valence-corrected chi connectivity index (χ1v) is 18.5.